The van der Waals surface area contributed by atoms with E-state index in [9.17, 15) is 0 Å². The second-order valence-corrected chi connectivity index (χ2v) is 2.73. The van der Waals surface area contributed by atoms with Crippen molar-refractivity contribution in [3.63, 3.8) is 0 Å². The first kappa shape index (κ1) is 10.3. The van der Waals surface area contributed by atoms with Crippen LogP contribution in [0.4, 0.5) is 0 Å². The van der Waals surface area contributed by atoms with Gasteiger partial charge in [-0.15, -0.1) is 0 Å². The summed E-state index contributed by atoms with van der Waals surface area (Å²) in [4.78, 5) is 4.73. The molecule has 0 fully saturated rings. The fourth-order valence-electron chi connectivity index (χ4n) is 1.25. The maximum Gasteiger partial charge on any atom is 0.106 e. The second-order valence-electron chi connectivity index (χ2n) is 2.73. The number of rotatable bonds is 3. The third-order valence-electron chi connectivity index (χ3n) is 1.89. The maximum absolute atomic E-state index is 8.89. The molecule has 72 valence electrons. The van der Waals surface area contributed by atoms with Crippen molar-refractivity contribution in [2.75, 3.05) is 7.11 Å². The average molecular weight is 188 g/mol. The highest BCUT2D eigenvalue weighted by Crippen LogP contribution is 2.11. The number of nitriles is 1. The number of oxime groups is 1. The Balaban J connectivity index is 3.17. The van der Waals surface area contributed by atoms with Crippen LogP contribution in [-0.4, -0.2) is 12.8 Å². The third-order valence-corrected chi connectivity index (χ3v) is 1.89. The van der Waals surface area contributed by atoms with Crippen LogP contribution in [0.5, 0.6) is 0 Å². The number of benzene rings is 1. The second kappa shape index (κ2) is 5.03. The van der Waals surface area contributed by atoms with Gasteiger partial charge in [0.25, 0.3) is 0 Å². The standard InChI is InChI=1S/C11H12N2O/c1-3-11(13-14-2)10-7-5-4-6-9(10)8-12/h4-7H,3H2,1-2H3/b13-11-. The first-order valence-electron chi connectivity index (χ1n) is 4.43. The zero-order chi connectivity index (χ0) is 10.4. The molecule has 0 unspecified atom stereocenters. The Hall–Kier alpha value is -1.82. The first-order valence-corrected chi connectivity index (χ1v) is 4.43. The molecule has 3 heteroatoms. The number of hydrogen-bond acceptors (Lipinski definition) is 3. The highest BCUT2D eigenvalue weighted by Gasteiger charge is 2.06. The molecular weight excluding hydrogens is 176 g/mol. The Kier molecular flexibility index (Phi) is 3.69. The van der Waals surface area contributed by atoms with Crippen LogP contribution < -0.4 is 0 Å². The van der Waals surface area contributed by atoms with Crippen LogP contribution in [0.3, 0.4) is 0 Å². The van der Waals surface area contributed by atoms with Crippen molar-refractivity contribution in [1.82, 2.24) is 0 Å². The molecule has 0 N–H and O–H groups in total. The van der Waals surface area contributed by atoms with Crippen molar-refractivity contribution < 1.29 is 4.84 Å². The van der Waals surface area contributed by atoms with Crippen molar-refractivity contribution in [2.45, 2.75) is 13.3 Å². The molecule has 1 aromatic rings. The smallest absolute Gasteiger partial charge is 0.106 e. The van der Waals surface area contributed by atoms with Gasteiger partial charge in [-0.25, -0.2) is 0 Å². The molecule has 0 aliphatic heterocycles. The van der Waals surface area contributed by atoms with E-state index >= 15 is 0 Å². The van der Waals surface area contributed by atoms with Gasteiger partial charge >= 0.3 is 0 Å². The maximum atomic E-state index is 8.89. The molecule has 0 aromatic heterocycles. The summed E-state index contributed by atoms with van der Waals surface area (Å²) in [5.74, 6) is 0. The molecule has 3 nitrogen and oxygen atoms in total. The van der Waals surface area contributed by atoms with Crippen molar-refractivity contribution in [3.05, 3.63) is 35.4 Å². The van der Waals surface area contributed by atoms with Crippen LogP contribution in [-0.2, 0) is 4.84 Å². The zero-order valence-corrected chi connectivity index (χ0v) is 8.32. The molecule has 0 atom stereocenters. The Morgan fingerprint density at radius 1 is 1.50 bits per heavy atom. The van der Waals surface area contributed by atoms with Crippen LogP contribution >= 0.6 is 0 Å². The van der Waals surface area contributed by atoms with E-state index in [1.165, 1.54) is 7.11 Å². The fraction of sp³-hybridized carbons (Fsp3) is 0.273. The van der Waals surface area contributed by atoms with E-state index in [-0.39, 0.29) is 0 Å². The largest absolute Gasteiger partial charge is 0.399 e. The average Bonchev–Trinajstić information content (AvgIpc) is 2.26. The van der Waals surface area contributed by atoms with E-state index in [1.54, 1.807) is 6.07 Å². The van der Waals surface area contributed by atoms with Crippen LogP contribution in [0.2, 0.25) is 0 Å². The van der Waals surface area contributed by atoms with E-state index in [2.05, 4.69) is 11.2 Å². The van der Waals surface area contributed by atoms with Gasteiger partial charge in [0.05, 0.1) is 17.3 Å². The van der Waals surface area contributed by atoms with Crippen molar-refractivity contribution in [2.24, 2.45) is 5.16 Å². The minimum Gasteiger partial charge on any atom is -0.399 e. The van der Waals surface area contributed by atoms with Crippen LogP contribution in [0.15, 0.2) is 29.4 Å². The number of nitrogens with zero attached hydrogens (tertiary/aromatic N) is 2. The molecule has 14 heavy (non-hydrogen) atoms. The van der Waals surface area contributed by atoms with E-state index in [0.29, 0.717) is 5.56 Å². The lowest BCUT2D eigenvalue weighted by Gasteiger charge is -2.04. The van der Waals surface area contributed by atoms with Gasteiger partial charge in [0, 0.05) is 5.56 Å². The van der Waals surface area contributed by atoms with Crippen molar-refractivity contribution >= 4 is 5.71 Å². The molecular formula is C11H12N2O. The number of hydrogen-bond donors (Lipinski definition) is 0. The molecule has 0 amide bonds. The Morgan fingerprint density at radius 3 is 2.79 bits per heavy atom. The SMILES string of the molecule is CC/C(=N/OC)c1ccccc1C#N. The summed E-state index contributed by atoms with van der Waals surface area (Å²) in [5.41, 5.74) is 2.27. The minimum atomic E-state index is 0.630. The molecule has 0 aliphatic rings. The van der Waals surface area contributed by atoms with E-state index in [4.69, 9.17) is 10.1 Å². The first-order chi connectivity index (χ1) is 6.83. The Morgan fingerprint density at radius 2 is 2.21 bits per heavy atom. The molecule has 0 saturated heterocycles. The van der Waals surface area contributed by atoms with Gasteiger partial charge in [-0.1, -0.05) is 30.3 Å². The van der Waals surface area contributed by atoms with Gasteiger partial charge in [-0.3, -0.25) is 0 Å². The summed E-state index contributed by atoms with van der Waals surface area (Å²) in [6.07, 6.45) is 0.743. The molecule has 1 rings (SSSR count). The van der Waals surface area contributed by atoms with Gasteiger partial charge in [0.1, 0.15) is 7.11 Å². The molecule has 0 aliphatic carbocycles. The Bertz CT molecular complexity index is 377. The highest BCUT2D eigenvalue weighted by molar-refractivity contribution is 6.02. The summed E-state index contributed by atoms with van der Waals surface area (Å²) >= 11 is 0. The Labute approximate surface area is 83.6 Å². The fourth-order valence-corrected chi connectivity index (χ4v) is 1.25. The normalized spacial score (nSPS) is 10.8. The van der Waals surface area contributed by atoms with Crippen LogP contribution in [0, 0.1) is 11.3 Å². The molecule has 1 aromatic carbocycles. The van der Waals surface area contributed by atoms with E-state index in [0.717, 1.165) is 17.7 Å². The van der Waals surface area contributed by atoms with Gasteiger partial charge < -0.3 is 4.84 Å². The zero-order valence-electron chi connectivity index (χ0n) is 8.32. The van der Waals surface area contributed by atoms with Gasteiger partial charge in [0.15, 0.2) is 0 Å². The monoisotopic (exact) mass is 188 g/mol. The van der Waals surface area contributed by atoms with Crippen LogP contribution in [0.1, 0.15) is 24.5 Å². The highest BCUT2D eigenvalue weighted by atomic mass is 16.6. The van der Waals surface area contributed by atoms with E-state index in [1.807, 2.05) is 25.1 Å². The lowest BCUT2D eigenvalue weighted by atomic mass is 10.0. The van der Waals surface area contributed by atoms with E-state index < -0.39 is 0 Å². The van der Waals surface area contributed by atoms with Gasteiger partial charge in [0.2, 0.25) is 0 Å². The summed E-state index contributed by atoms with van der Waals surface area (Å²) in [6, 6.07) is 9.50. The van der Waals surface area contributed by atoms with Crippen molar-refractivity contribution in [1.29, 1.82) is 5.26 Å². The summed E-state index contributed by atoms with van der Waals surface area (Å²) in [5, 5.41) is 12.8. The molecule has 0 spiro atoms. The quantitative estimate of drug-likeness (QED) is 0.539. The molecule has 0 saturated carbocycles. The molecule has 0 heterocycles. The molecule has 0 bridgehead atoms. The summed E-state index contributed by atoms with van der Waals surface area (Å²) < 4.78 is 0. The lowest BCUT2D eigenvalue weighted by molar-refractivity contribution is 0.213. The summed E-state index contributed by atoms with van der Waals surface area (Å²) in [6.45, 7) is 1.98. The third kappa shape index (κ3) is 2.11. The summed E-state index contributed by atoms with van der Waals surface area (Å²) in [7, 11) is 1.50. The van der Waals surface area contributed by atoms with Gasteiger partial charge in [-0.05, 0) is 12.5 Å². The predicted molar refractivity (Wildman–Crippen MR) is 55.0 cm³/mol. The minimum absolute atomic E-state index is 0.630. The topological polar surface area (TPSA) is 45.4 Å². The molecule has 0 radical (unpaired) electrons. The predicted octanol–water partition coefficient (Wildman–Crippen LogP) is 2.32. The lowest BCUT2D eigenvalue weighted by Crippen LogP contribution is -2.02. The van der Waals surface area contributed by atoms with Crippen LogP contribution in [0.25, 0.3) is 0 Å². The van der Waals surface area contributed by atoms with Crippen molar-refractivity contribution in [3.8, 4) is 6.07 Å². The van der Waals surface area contributed by atoms with Gasteiger partial charge in [-0.2, -0.15) is 5.26 Å².